The van der Waals surface area contributed by atoms with Crippen LogP contribution in [0.5, 0.6) is 0 Å². The van der Waals surface area contributed by atoms with E-state index in [9.17, 15) is 27.6 Å². The van der Waals surface area contributed by atoms with Gasteiger partial charge in [0.05, 0.1) is 12.0 Å². The number of alkyl halides is 3. The van der Waals surface area contributed by atoms with Gasteiger partial charge in [-0.05, 0) is 55.3 Å². The minimum Gasteiger partial charge on any atom is -0.456 e. The van der Waals surface area contributed by atoms with Gasteiger partial charge in [-0.2, -0.15) is 13.2 Å². The first-order valence-electron chi connectivity index (χ1n) is 9.04. The quantitative estimate of drug-likeness (QED) is 0.655. The lowest BCUT2D eigenvalue weighted by Gasteiger charge is -2.10. The standard InChI is InChI=1S/C21H21F3N2O4/c1-13-6-7-17(10-14(13)2)25-18(27)8-9-20(29)30-12-19(28)26-16-5-3-4-15(11-16)21(22,23)24/h3-7,10-11H,8-9,12H2,1-2H3,(H,25,27)(H,26,28). The van der Waals surface area contributed by atoms with Crippen molar-refractivity contribution in [2.24, 2.45) is 0 Å². The van der Waals surface area contributed by atoms with Gasteiger partial charge in [0.25, 0.3) is 5.91 Å². The fraction of sp³-hybridized carbons (Fsp3) is 0.286. The van der Waals surface area contributed by atoms with E-state index >= 15 is 0 Å². The second kappa shape index (κ2) is 9.91. The topological polar surface area (TPSA) is 84.5 Å². The van der Waals surface area contributed by atoms with Gasteiger partial charge in [-0.25, -0.2) is 0 Å². The molecule has 0 saturated heterocycles. The van der Waals surface area contributed by atoms with E-state index in [1.54, 1.807) is 6.07 Å². The molecule has 2 aromatic carbocycles. The van der Waals surface area contributed by atoms with Crippen LogP contribution >= 0.6 is 0 Å². The highest BCUT2D eigenvalue weighted by Crippen LogP contribution is 2.30. The Morgan fingerprint density at radius 1 is 0.867 bits per heavy atom. The zero-order valence-corrected chi connectivity index (χ0v) is 16.4. The van der Waals surface area contributed by atoms with Gasteiger partial charge in [0.2, 0.25) is 5.91 Å². The van der Waals surface area contributed by atoms with Crippen molar-refractivity contribution in [1.82, 2.24) is 0 Å². The van der Waals surface area contributed by atoms with E-state index in [4.69, 9.17) is 4.74 Å². The molecular weight excluding hydrogens is 401 g/mol. The summed E-state index contributed by atoms with van der Waals surface area (Å²) < 4.78 is 42.8. The summed E-state index contributed by atoms with van der Waals surface area (Å²) in [6, 6.07) is 9.50. The normalized spacial score (nSPS) is 11.0. The lowest BCUT2D eigenvalue weighted by atomic mass is 10.1. The third-order valence-electron chi connectivity index (χ3n) is 4.18. The van der Waals surface area contributed by atoms with Gasteiger partial charge in [0, 0.05) is 17.8 Å². The number of amides is 2. The minimum absolute atomic E-state index is 0.0707. The van der Waals surface area contributed by atoms with Crippen LogP contribution in [0.25, 0.3) is 0 Å². The summed E-state index contributed by atoms with van der Waals surface area (Å²) in [5, 5.41) is 4.88. The Balaban J connectivity index is 1.74. The number of carbonyl (C=O) groups excluding carboxylic acids is 3. The zero-order chi connectivity index (χ0) is 22.3. The molecule has 0 unspecified atom stereocenters. The van der Waals surface area contributed by atoms with Crippen LogP contribution < -0.4 is 10.6 Å². The zero-order valence-electron chi connectivity index (χ0n) is 16.4. The van der Waals surface area contributed by atoms with Gasteiger partial charge in [-0.3, -0.25) is 14.4 Å². The van der Waals surface area contributed by atoms with Gasteiger partial charge < -0.3 is 15.4 Å². The average molecular weight is 422 g/mol. The van der Waals surface area contributed by atoms with Crippen molar-refractivity contribution in [3.05, 3.63) is 59.2 Å². The number of halogens is 3. The number of benzene rings is 2. The third-order valence-corrected chi connectivity index (χ3v) is 4.18. The highest BCUT2D eigenvalue weighted by atomic mass is 19.4. The molecular formula is C21H21F3N2O4. The van der Waals surface area contributed by atoms with Crippen LogP contribution in [0.15, 0.2) is 42.5 Å². The van der Waals surface area contributed by atoms with Crippen molar-refractivity contribution in [2.45, 2.75) is 32.9 Å². The highest BCUT2D eigenvalue weighted by molar-refractivity contribution is 5.94. The molecule has 2 aromatic rings. The first-order chi connectivity index (χ1) is 14.0. The van der Waals surface area contributed by atoms with E-state index in [1.807, 2.05) is 26.0 Å². The molecule has 0 radical (unpaired) electrons. The van der Waals surface area contributed by atoms with E-state index in [1.165, 1.54) is 6.07 Å². The van der Waals surface area contributed by atoms with Crippen molar-refractivity contribution >= 4 is 29.2 Å². The summed E-state index contributed by atoms with van der Waals surface area (Å²) in [6.45, 7) is 3.18. The minimum atomic E-state index is -4.54. The van der Waals surface area contributed by atoms with Crippen molar-refractivity contribution < 1.29 is 32.3 Å². The van der Waals surface area contributed by atoms with Crippen molar-refractivity contribution in [1.29, 1.82) is 0 Å². The lowest BCUT2D eigenvalue weighted by molar-refractivity contribution is -0.147. The summed E-state index contributed by atoms with van der Waals surface area (Å²) in [6.07, 6.45) is -4.92. The van der Waals surface area contributed by atoms with E-state index in [0.717, 1.165) is 29.3 Å². The Hall–Kier alpha value is -3.36. The molecule has 160 valence electrons. The Morgan fingerprint density at radius 2 is 1.53 bits per heavy atom. The number of carbonyl (C=O) groups is 3. The summed E-state index contributed by atoms with van der Waals surface area (Å²) >= 11 is 0. The number of hydrogen-bond acceptors (Lipinski definition) is 4. The second-order valence-corrected chi connectivity index (χ2v) is 6.63. The number of esters is 1. The van der Waals surface area contributed by atoms with Gasteiger partial charge in [-0.15, -0.1) is 0 Å². The molecule has 0 aliphatic rings. The Kier molecular flexibility index (Phi) is 7.57. The molecule has 0 saturated carbocycles. The molecule has 9 heteroatoms. The van der Waals surface area contributed by atoms with Crippen LogP contribution in [-0.4, -0.2) is 24.4 Å². The predicted octanol–water partition coefficient (Wildman–Crippen LogP) is 4.22. The van der Waals surface area contributed by atoms with Gasteiger partial charge in [-0.1, -0.05) is 12.1 Å². The Labute approximate surface area is 171 Å². The smallest absolute Gasteiger partial charge is 0.416 e. The third kappa shape index (κ3) is 7.23. The lowest BCUT2D eigenvalue weighted by Crippen LogP contribution is -2.22. The molecule has 2 amide bonds. The molecule has 0 bridgehead atoms. The largest absolute Gasteiger partial charge is 0.456 e. The molecule has 0 aliphatic carbocycles. The molecule has 2 rings (SSSR count). The van der Waals surface area contributed by atoms with Crippen LogP contribution in [0.2, 0.25) is 0 Å². The molecule has 0 heterocycles. The number of aryl methyl sites for hydroxylation is 2. The number of ether oxygens (including phenoxy) is 1. The molecule has 30 heavy (non-hydrogen) atoms. The summed E-state index contributed by atoms with van der Waals surface area (Å²) in [7, 11) is 0. The average Bonchev–Trinajstić information content (AvgIpc) is 2.67. The van der Waals surface area contributed by atoms with E-state index in [0.29, 0.717) is 5.69 Å². The number of nitrogens with one attached hydrogen (secondary N) is 2. The Bertz CT molecular complexity index is 942. The first kappa shape index (κ1) is 22.9. The molecule has 6 nitrogen and oxygen atoms in total. The summed E-state index contributed by atoms with van der Waals surface area (Å²) in [4.78, 5) is 35.4. The number of anilines is 2. The van der Waals surface area contributed by atoms with E-state index < -0.39 is 30.2 Å². The molecule has 0 fully saturated rings. The van der Waals surface area contributed by atoms with Crippen LogP contribution in [0.1, 0.15) is 29.5 Å². The van der Waals surface area contributed by atoms with E-state index in [2.05, 4.69) is 10.6 Å². The van der Waals surface area contributed by atoms with Crippen LogP contribution in [0.3, 0.4) is 0 Å². The molecule has 0 aliphatic heterocycles. The molecule has 0 atom stereocenters. The highest BCUT2D eigenvalue weighted by Gasteiger charge is 2.30. The first-order valence-corrected chi connectivity index (χ1v) is 9.04. The number of rotatable bonds is 7. The molecule has 2 N–H and O–H groups in total. The fourth-order valence-electron chi connectivity index (χ4n) is 2.45. The van der Waals surface area contributed by atoms with Crippen LogP contribution in [0.4, 0.5) is 24.5 Å². The fourth-order valence-corrected chi connectivity index (χ4v) is 2.45. The summed E-state index contributed by atoms with van der Waals surface area (Å²) in [5.41, 5.74) is 1.72. The monoisotopic (exact) mass is 422 g/mol. The summed E-state index contributed by atoms with van der Waals surface area (Å²) in [5.74, 6) is -1.95. The van der Waals surface area contributed by atoms with Crippen molar-refractivity contribution in [3.63, 3.8) is 0 Å². The maximum absolute atomic E-state index is 12.7. The SMILES string of the molecule is Cc1ccc(NC(=O)CCC(=O)OCC(=O)Nc2cccc(C(F)(F)F)c2)cc1C. The van der Waals surface area contributed by atoms with Crippen molar-refractivity contribution in [2.75, 3.05) is 17.2 Å². The number of hydrogen-bond donors (Lipinski definition) is 2. The van der Waals surface area contributed by atoms with E-state index in [-0.39, 0.29) is 24.4 Å². The maximum Gasteiger partial charge on any atom is 0.416 e. The van der Waals surface area contributed by atoms with Gasteiger partial charge in [0.15, 0.2) is 6.61 Å². The predicted molar refractivity (Wildman–Crippen MR) is 105 cm³/mol. The van der Waals surface area contributed by atoms with Crippen molar-refractivity contribution in [3.8, 4) is 0 Å². The molecule has 0 aromatic heterocycles. The Morgan fingerprint density at radius 3 is 2.20 bits per heavy atom. The van der Waals surface area contributed by atoms with Crippen LogP contribution in [-0.2, 0) is 25.3 Å². The van der Waals surface area contributed by atoms with Gasteiger partial charge in [0.1, 0.15) is 0 Å². The van der Waals surface area contributed by atoms with Crippen LogP contribution in [0, 0.1) is 13.8 Å². The van der Waals surface area contributed by atoms with Gasteiger partial charge >= 0.3 is 12.1 Å². The molecule has 0 spiro atoms. The maximum atomic E-state index is 12.7. The second-order valence-electron chi connectivity index (χ2n) is 6.63.